The summed E-state index contributed by atoms with van der Waals surface area (Å²) in [6.07, 6.45) is 0. The molecule has 7 heteroatoms. The molecule has 0 aliphatic carbocycles. The van der Waals surface area contributed by atoms with E-state index in [-0.39, 0.29) is 4.21 Å². The molecule has 18 heavy (non-hydrogen) atoms. The van der Waals surface area contributed by atoms with Crippen LogP contribution < -0.4 is 4.72 Å². The lowest BCUT2D eigenvalue weighted by molar-refractivity contribution is 0.441. The molecule has 2 aromatic rings. The van der Waals surface area contributed by atoms with Gasteiger partial charge in [-0.15, -0.1) is 11.3 Å². The Labute approximate surface area is 115 Å². The average molecular weight is 306 g/mol. The van der Waals surface area contributed by atoms with Crippen LogP contribution in [0.2, 0.25) is 4.34 Å². The van der Waals surface area contributed by atoms with Crippen LogP contribution in [0, 0.1) is 6.92 Å². The van der Waals surface area contributed by atoms with E-state index in [0.29, 0.717) is 10.1 Å². The highest BCUT2D eigenvalue weighted by Gasteiger charge is 2.21. The van der Waals surface area contributed by atoms with Crippen LogP contribution in [0.25, 0.3) is 0 Å². The summed E-state index contributed by atoms with van der Waals surface area (Å²) in [5.41, 5.74) is 0. The van der Waals surface area contributed by atoms with Gasteiger partial charge in [0, 0.05) is 0 Å². The molecule has 2 rings (SSSR count). The third-order valence-corrected chi connectivity index (χ3v) is 5.60. The Bertz CT molecular complexity index is 645. The number of hydrogen-bond acceptors (Lipinski definition) is 4. The fourth-order valence-electron chi connectivity index (χ4n) is 1.48. The Morgan fingerprint density at radius 3 is 2.56 bits per heavy atom. The number of nitrogens with one attached hydrogen (secondary N) is 1. The minimum atomic E-state index is -3.55. The molecule has 98 valence electrons. The zero-order valence-corrected chi connectivity index (χ0v) is 12.2. The van der Waals surface area contributed by atoms with Gasteiger partial charge in [-0.2, -0.15) is 0 Å². The van der Waals surface area contributed by atoms with E-state index in [2.05, 4.69) is 4.72 Å². The van der Waals surface area contributed by atoms with Crippen LogP contribution in [0.4, 0.5) is 0 Å². The summed E-state index contributed by atoms with van der Waals surface area (Å²) in [6.45, 7) is 3.54. The first-order valence-corrected chi connectivity index (χ1v) is 7.90. The molecule has 0 fully saturated rings. The molecule has 0 amide bonds. The normalized spacial score (nSPS) is 13.7. The van der Waals surface area contributed by atoms with Gasteiger partial charge in [-0.25, -0.2) is 13.1 Å². The second-order valence-corrected chi connectivity index (χ2v) is 7.51. The second kappa shape index (κ2) is 5.05. The van der Waals surface area contributed by atoms with Crippen molar-refractivity contribution >= 4 is 33.0 Å². The molecule has 0 radical (unpaired) electrons. The SMILES string of the molecule is Cc1ccc(C(C)NS(=O)(=O)c2ccc(Cl)s2)o1. The zero-order valence-electron chi connectivity index (χ0n) is 9.81. The van der Waals surface area contributed by atoms with E-state index >= 15 is 0 Å². The molecule has 4 nitrogen and oxygen atoms in total. The van der Waals surface area contributed by atoms with Crippen molar-refractivity contribution in [3.63, 3.8) is 0 Å². The summed E-state index contributed by atoms with van der Waals surface area (Å²) in [6, 6.07) is 6.16. The summed E-state index contributed by atoms with van der Waals surface area (Å²) in [5.74, 6) is 1.33. The quantitative estimate of drug-likeness (QED) is 0.942. The fourth-order valence-corrected chi connectivity index (χ4v) is 4.19. The molecule has 0 saturated carbocycles. The van der Waals surface area contributed by atoms with E-state index in [1.807, 2.05) is 6.92 Å². The molecule has 0 spiro atoms. The third kappa shape index (κ3) is 2.95. The third-order valence-electron chi connectivity index (χ3n) is 2.33. The van der Waals surface area contributed by atoms with Gasteiger partial charge in [0.1, 0.15) is 15.7 Å². The van der Waals surface area contributed by atoms with Crippen LogP contribution in [0.15, 0.2) is 32.9 Å². The Kier molecular flexibility index (Phi) is 3.82. The second-order valence-electron chi connectivity index (χ2n) is 3.85. The van der Waals surface area contributed by atoms with Crippen LogP contribution in [0.5, 0.6) is 0 Å². The molecular formula is C11H12ClNO3S2. The maximum Gasteiger partial charge on any atom is 0.250 e. The van der Waals surface area contributed by atoms with Crippen molar-refractivity contribution in [2.45, 2.75) is 24.1 Å². The minimum absolute atomic E-state index is 0.197. The number of hydrogen-bond donors (Lipinski definition) is 1. The lowest BCUT2D eigenvalue weighted by Gasteiger charge is -2.10. The predicted octanol–water partition coefficient (Wildman–Crippen LogP) is 3.34. The van der Waals surface area contributed by atoms with E-state index in [9.17, 15) is 8.42 Å². The Hall–Kier alpha value is -0.820. The maximum atomic E-state index is 12.0. The van der Waals surface area contributed by atoms with Gasteiger partial charge < -0.3 is 4.42 Å². The lowest BCUT2D eigenvalue weighted by Crippen LogP contribution is -2.25. The Balaban J connectivity index is 2.18. The smallest absolute Gasteiger partial charge is 0.250 e. The Morgan fingerprint density at radius 2 is 2.06 bits per heavy atom. The first kappa shape index (κ1) is 13.6. The van der Waals surface area contributed by atoms with E-state index in [1.165, 1.54) is 6.07 Å². The topological polar surface area (TPSA) is 59.3 Å². The average Bonchev–Trinajstić information content (AvgIpc) is 2.86. The van der Waals surface area contributed by atoms with Crippen LogP contribution in [-0.2, 0) is 10.0 Å². The predicted molar refractivity (Wildman–Crippen MR) is 71.5 cm³/mol. The van der Waals surface area contributed by atoms with Crippen LogP contribution in [0.1, 0.15) is 24.5 Å². The summed E-state index contributed by atoms with van der Waals surface area (Å²) in [7, 11) is -3.55. The van der Waals surface area contributed by atoms with Gasteiger partial charge in [0.2, 0.25) is 0 Å². The highest BCUT2D eigenvalue weighted by molar-refractivity contribution is 7.91. The van der Waals surface area contributed by atoms with E-state index < -0.39 is 16.1 Å². The van der Waals surface area contributed by atoms with Gasteiger partial charge in [-0.3, -0.25) is 0 Å². The van der Waals surface area contributed by atoms with Gasteiger partial charge in [-0.05, 0) is 38.1 Å². The van der Waals surface area contributed by atoms with Crippen molar-refractivity contribution in [3.05, 3.63) is 40.1 Å². The van der Waals surface area contributed by atoms with Gasteiger partial charge >= 0.3 is 0 Å². The largest absolute Gasteiger partial charge is 0.465 e. The maximum absolute atomic E-state index is 12.0. The number of sulfonamides is 1. The van der Waals surface area contributed by atoms with Crippen molar-refractivity contribution in [1.29, 1.82) is 0 Å². The van der Waals surface area contributed by atoms with Crippen molar-refractivity contribution in [2.24, 2.45) is 0 Å². The van der Waals surface area contributed by atoms with Crippen LogP contribution in [0.3, 0.4) is 0 Å². The molecule has 1 atom stereocenters. The highest BCUT2D eigenvalue weighted by Crippen LogP contribution is 2.27. The molecule has 1 N–H and O–H groups in total. The molecule has 2 aromatic heterocycles. The van der Waals surface area contributed by atoms with E-state index in [4.69, 9.17) is 16.0 Å². The fraction of sp³-hybridized carbons (Fsp3) is 0.273. The number of furan rings is 1. The van der Waals surface area contributed by atoms with Gasteiger partial charge in [0.25, 0.3) is 10.0 Å². The van der Waals surface area contributed by atoms with Crippen molar-refractivity contribution < 1.29 is 12.8 Å². The molecule has 0 aromatic carbocycles. The van der Waals surface area contributed by atoms with Crippen molar-refractivity contribution in [2.75, 3.05) is 0 Å². The molecule has 2 heterocycles. The molecular weight excluding hydrogens is 294 g/mol. The molecule has 0 aliphatic heterocycles. The standard InChI is InChI=1S/C11H12ClNO3S2/c1-7-3-4-9(16-7)8(2)13-18(14,15)11-6-5-10(12)17-11/h3-6,8,13H,1-2H3. The molecule has 1 unspecified atom stereocenters. The molecule has 0 aliphatic rings. The molecule has 0 bridgehead atoms. The van der Waals surface area contributed by atoms with Crippen LogP contribution in [-0.4, -0.2) is 8.42 Å². The van der Waals surface area contributed by atoms with Crippen molar-refractivity contribution in [1.82, 2.24) is 4.72 Å². The molecule has 0 saturated heterocycles. The summed E-state index contributed by atoms with van der Waals surface area (Å²) >= 11 is 6.75. The summed E-state index contributed by atoms with van der Waals surface area (Å²) in [5, 5.41) is 0. The van der Waals surface area contributed by atoms with E-state index in [1.54, 1.807) is 25.1 Å². The van der Waals surface area contributed by atoms with Gasteiger partial charge in [0.05, 0.1) is 10.4 Å². The number of aryl methyl sites for hydroxylation is 1. The monoisotopic (exact) mass is 305 g/mol. The number of halogens is 1. The van der Waals surface area contributed by atoms with Gasteiger partial charge in [0.15, 0.2) is 0 Å². The first-order valence-electron chi connectivity index (χ1n) is 5.22. The highest BCUT2D eigenvalue weighted by atomic mass is 35.5. The lowest BCUT2D eigenvalue weighted by atomic mass is 10.3. The Morgan fingerprint density at radius 1 is 1.33 bits per heavy atom. The van der Waals surface area contributed by atoms with Crippen molar-refractivity contribution in [3.8, 4) is 0 Å². The number of rotatable bonds is 4. The summed E-state index contributed by atoms with van der Waals surface area (Å²) in [4.78, 5) is 0. The van der Waals surface area contributed by atoms with E-state index in [0.717, 1.165) is 17.1 Å². The first-order chi connectivity index (χ1) is 8.38. The number of thiophene rings is 1. The van der Waals surface area contributed by atoms with Gasteiger partial charge in [-0.1, -0.05) is 11.6 Å². The minimum Gasteiger partial charge on any atom is -0.465 e. The van der Waals surface area contributed by atoms with Crippen LogP contribution >= 0.6 is 22.9 Å². The summed E-state index contributed by atoms with van der Waals surface area (Å²) < 4.78 is 32.6. The zero-order chi connectivity index (χ0) is 13.3.